The Hall–Kier alpha value is -1.14. The maximum absolute atomic E-state index is 11.3. The largest absolute Gasteiger partial charge is 0.397 e. The Morgan fingerprint density at radius 1 is 1.73 bits per heavy atom. The van der Waals surface area contributed by atoms with E-state index in [0.717, 1.165) is 0 Å². The molecule has 0 unspecified atom stereocenters. The van der Waals surface area contributed by atoms with E-state index in [1.807, 2.05) is 0 Å². The Bertz CT molecular complexity index is 357. The molecule has 0 aliphatic carbocycles. The van der Waals surface area contributed by atoms with Crippen molar-refractivity contribution in [2.75, 3.05) is 24.8 Å². The zero-order chi connectivity index (χ0) is 11.3. The van der Waals surface area contributed by atoms with Gasteiger partial charge >= 0.3 is 0 Å². The number of anilines is 2. The van der Waals surface area contributed by atoms with Crippen LogP contribution in [0.15, 0.2) is 16.7 Å². The molecule has 3 N–H and O–H groups in total. The van der Waals surface area contributed by atoms with Crippen molar-refractivity contribution in [2.24, 2.45) is 0 Å². The Morgan fingerprint density at radius 2 is 2.47 bits per heavy atom. The summed E-state index contributed by atoms with van der Waals surface area (Å²) in [5.41, 5.74) is 6.05. The molecule has 0 fully saturated rings. The van der Waals surface area contributed by atoms with Crippen LogP contribution in [0.4, 0.5) is 11.5 Å². The summed E-state index contributed by atoms with van der Waals surface area (Å²) in [7, 11) is 1.55. The second-order valence-corrected chi connectivity index (χ2v) is 3.74. The molecule has 1 rings (SSSR count). The van der Waals surface area contributed by atoms with Crippen LogP contribution in [0.25, 0.3) is 0 Å². The fraction of sp³-hybridized carbons (Fsp3) is 0.333. The van der Waals surface area contributed by atoms with E-state index >= 15 is 0 Å². The van der Waals surface area contributed by atoms with E-state index < -0.39 is 0 Å². The van der Waals surface area contributed by atoms with Gasteiger partial charge in [-0.25, -0.2) is 4.98 Å². The van der Waals surface area contributed by atoms with Gasteiger partial charge in [-0.15, -0.1) is 0 Å². The fourth-order valence-electron chi connectivity index (χ4n) is 0.934. The lowest BCUT2D eigenvalue weighted by Gasteiger charge is -2.06. The highest BCUT2D eigenvalue weighted by Gasteiger charge is 2.06. The van der Waals surface area contributed by atoms with E-state index in [-0.39, 0.29) is 5.91 Å². The number of pyridine rings is 1. The molecule has 0 aliphatic heterocycles. The molecule has 0 bridgehead atoms. The van der Waals surface area contributed by atoms with Crippen LogP contribution in [-0.4, -0.2) is 24.6 Å². The van der Waals surface area contributed by atoms with Crippen molar-refractivity contribution in [1.82, 2.24) is 4.98 Å². The Morgan fingerprint density at radius 3 is 3.07 bits per heavy atom. The highest BCUT2D eigenvalue weighted by atomic mass is 79.9. The minimum Gasteiger partial charge on any atom is -0.397 e. The van der Waals surface area contributed by atoms with Crippen molar-refractivity contribution >= 4 is 33.3 Å². The fourth-order valence-corrected chi connectivity index (χ4v) is 1.40. The van der Waals surface area contributed by atoms with E-state index in [1.165, 1.54) is 6.20 Å². The third-order valence-corrected chi connectivity index (χ3v) is 2.26. The first kappa shape index (κ1) is 11.9. The molecule has 0 atom stereocenters. The molecule has 0 aliphatic rings. The predicted molar refractivity (Wildman–Crippen MR) is 61.5 cm³/mol. The molecule has 5 nitrogen and oxygen atoms in total. The van der Waals surface area contributed by atoms with Gasteiger partial charge in [0.05, 0.1) is 29.4 Å². The maximum Gasteiger partial charge on any atom is 0.227 e. The number of hydrogen-bond donors (Lipinski definition) is 2. The van der Waals surface area contributed by atoms with Gasteiger partial charge in [0.1, 0.15) is 5.82 Å². The van der Waals surface area contributed by atoms with Crippen LogP contribution < -0.4 is 11.1 Å². The summed E-state index contributed by atoms with van der Waals surface area (Å²) in [5, 5.41) is 2.64. The lowest BCUT2D eigenvalue weighted by molar-refractivity contribution is -0.117. The van der Waals surface area contributed by atoms with E-state index in [1.54, 1.807) is 13.2 Å². The number of amides is 1. The molecular formula is C9H12BrN3O2. The van der Waals surface area contributed by atoms with Gasteiger partial charge in [-0.2, -0.15) is 0 Å². The molecule has 0 spiro atoms. The molecule has 6 heteroatoms. The van der Waals surface area contributed by atoms with Gasteiger partial charge in [0.25, 0.3) is 0 Å². The Balaban J connectivity index is 2.60. The van der Waals surface area contributed by atoms with Gasteiger partial charge in [0.15, 0.2) is 0 Å². The molecule has 0 radical (unpaired) electrons. The number of halogens is 1. The summed E-state index contributed by atoms with van der Waals surface area (Å²) in [6.45, 7) is 0.387. The number of methoxy groups -OCH3 is 1. The number of nitrogens with two attached hydrogens (primary N) is 1. The molecule has 0 aromatic carbocycles. The molecule has 15 heavy (non-hydrogen) atoms. The van der Waals surface area contributed by atoms with Gasteiger partial charge in [-0.3, -0.25) is 4.79 Å². The predicted octanol–water partition coefficient (Wildman–Crippen LogP) is 1.40. The summed E-state index contributed by atoms with van der Waals surface area (Å²) in [6.07, 6.45) is 1.78. The Labute approximate surface area is 96.1 Å². The van der Waals surface area contributed by atoms with E-state index in [4.69, 9.17) is 10.5 Å². The highest BCUT2D eigenvalue weighted by Crippen LogP contribution is 2.21. The third kappa shape index (κ3) is 3.85. The number of ether oxygens (including phenoxy) is 1. The Kier molecular flexibility index (Phi) is 4.51. The molecule has 1 aromatic heterocycles. The smallest absolute Gasteiger partial charge is 0.227 e. The zero-order valence-corrected chi connectivity index (χ0v) is 9.87. The number of carbonyl (C=O) groups is 1. The van der Waals surface area contributed by atoms with Crippen molar-refractivity contribution in [3.05, 3.63) is 16.7 Å². The normalized spacial score (nSPS) is 10.0. The van der Waals surface area contributed by atoms with Crippen LogP contribution in [-0.2, 0) is 9.53 Å². The molecule has 82 valence electrons. The summed E-state index contributed by atoms with van der Waals surface area (Å²) < 4.78 is 5.45. The number of rotatable bonds is 4. The minimum absolute atomic E-state index is 0.144. The number of hydrogen-bond acceptors (Lipinski definition) is 4. The topological polar surface area (TPSA) is 77.2 Å². The van der Waals surface area contributed by atoms with Crippen LogP contribution in [0.3, 0.4) is 0 Å². The van der Waals surface area contributed by atoms with E-state index in [2.05, 4.69) is 26.2 Å². The second kappa shape index (κ2) is 5.67. The first-order chi connectivity index (χ1) is 7.13. The first-order valence-electron chi connectivity index (χ1n) is 4.33. The van der Waals surface area contributed by atoms with Crippen molar-refractivity contribution in [2.45, 2.75) is 6.42 Å². The monoisotopic (exact) mass is 273 g/mol. The van der Waals surface area contributed by atoms with Crippen molar-refractivity contribution in [3.63, 3.8) is 0 Å². The van der Waals surface area contributed by atoms with Gasteiger partial charge < -0.3 is 15.8 Å². The average Bonchev–Trinajstić information content (AvgIpc) is 2.19. The van der Waals surface area contributed by atoms with Gasteiger partial charge in [-0.05, 0) is 22.0 Å². The van der Waals surface area contributed by atoms with Crippen molar-refractivity contribution < 1.29 is 9.53 Å². The van der Waals surface area contributed by atoms with Crippen LogP contribution in [0, 0.1) is 0 Å². The molecule has 1 heterocycles. The van der Waals surface area contributed by atoms with Crippen LogP contribution in [0.5, 0.6) is 0 Å². The zero-order valence-electron chi connectivity index (χ0n) is 8.29. The van der Waals surface area contributed by atoms with Crippen molar-refractivity contribution in [1.29, 1.82) is 0 Å². The molecule has 0 saturated heterocycles. The number of nitrogens with one attached hydrogen (secondary N) is 1. The summed E-state index contributed by atoms with van der Waals surface area (Å²) in [6, 6.07) is 1.68. The van der Waals surface area contributed by atoms with Crippen LogP contribution in [0.1, 0.15) is 6.42 Å². The number of nitrogens with zero attached hydrogens (tertiary/aromatic N) is 1. The number of aromatic nitrogens is 1. The first-order valence-corrected chi connectivity index (χ1v) is 5.12. The van der Waals surface area contributed by atoms with Crippen molar-refractivity contribution in [3.8, 4) is 0 Å². The lowest BCUT2D eigenvalue weighted by atomic mass is 10.4. The molecule has 1 amide bonds. The quantitative estimate of drug-likeness (QED) is 0.870. The van der Waals surface area contributed by atoms with Crippen LogP contribution >= 0.6 is 15.9 Å². The molecule has 1 aromatic rings. The number of nitrogen functional groups attached to an aromatic ring is 1. The lowest BCUT2D eigenvalue weighted by Crippen LogP contribution is -2.15. The average molecular weight is 274 g/mol. The van der Waals surface area contributed by atoms with Crippen LogP contribution in [0.2, 0.25) is 0 Å². The third-order valence-electron chi connectivity index (χ3n) is 1.65. The standard InChI is InChI=1S/C9H12BrN3O2/c1-15-3-2-8(14)13-9-7(10)4-6(11)5-12-9/h4-5H,2-3,11H2,1H3,(H,12,13,14). The summed E-state index contributed by atoms with van der Waals surface area (Å²) in [4.78, 5) is 15.3. The second-order valence-electron chi connectivity index (χ2n) is 2.89. The van der Waals surface area contributed by atoms with Gasteiger partial charge in [0, 0.05) is 7.11 Å². The molecular weight excluding hydrogens is 262 g/mol. The summed E-state index contributed by atoms with van der Waals surface area (Å²) in [5.74, 6) is 0.320. The van der Waals surface area contributed by atoms with E-state index in [0.29, 0.717) is 29.0 Å². The number of carbonyl (C=O) groups excluding carboxylic acids is 1. The van der Waals surface area contributed by atoms with Gasteiger partial charge in [0.2, 0.25) is 5.91 Å². The van der Waals surface area contributed by atoms with E-state index in [9.17, 15) is 4.79 Å². The molecule has 0 saturated carbocycles. The highest BCUT2D eigenvalue weighted by molar-refractivity contribution is 9.10. The maximum atomic E-state index is 11.3. The summed E-state index contributed by atoms with van der Waals surface area (Å²) >= 11 is 3.26. The van der Waals surface area contributed by atoms with Gasteiger partial charge in [-0.1, -0.05) is 0 Å². The minimum atomic E-state index is -0.144. The SMILES string of the molecule is COCCC(=O)Nc1ncc(N)cc1Br.